The summed E-state index contributed by atoms with van der Waals surface area (Å²) in [5, 5.41) is 29.4. The van der Waals surface area contributed by atoms with Gasteiger partial charge >= 0.3 is 12.4 Å². The lowest BCUT2D eigenvalue weighted by atomic mass is 10.1. The molecule has 1 amide bonds. The Morgan fingerprint density at radius 2 is 0.740 bits per heavy atom. The fraction of sp³-hybridized carbons (Fsp3) is 0.261. The number of hydrogen-bond donors (Lipinski definition) is 5. The maximum atomic E-state index is 12.9. The highest BCUT2D eigenvalue weighted by Crippen LogP contribution is 2.37. The van der Waals surface area contributed by atoms with E-state index in [2.05, 4.69) is 118 Å². The van der Waals surface area contributed by atoms with Crippen LogP contribution in [0.4, 0.5) is 36.6 Å². The van der Waals surface area contributed by atoms with Crippen LogP contribution in [0.1, 0.15) is 84.5 Å². The predicted molar refractivity (Wildman–Crippen MR) is 556 cm³/mol. The molecular weight excluding hydrogens is 1930 g/mol. The van der Waals surface area contributed by atoms with Crippen LogP contribution in [0.5, 0.6) is 11.5 Å². The van der Waals surface area contributed by atoms with Crippen LogP contribution in [0.25, 0.3) is 101 Å². The van der Waals surface area contributed by atoms with E-state index in [0.29, 0.717) is 76.9 Å². The van der Waals surface area contributed by atoms with Crippen molar-refractivity contribution in [2.45, 2.75) is 96.8 Å². The fourth-order valence-electron chi connectivity index (χ4n) is 20.4. The molecule has 0 atom stereocenters. The number of aryl methyl sites for hydroxylation is 5. The molecule has 6 aliphatic heterocycles. The second-order valence-corrected chi connectivity index (χ2v) is 37.5. The minimum Gasteiger partial charge on any atom is -0.489 e. The Balaban J connectivity index is 0.000000109. The molecule has 1 saturated heterocycles. The molecule has 1 fully saturated rings. The van der Waals surface area contributed by atoms with Gasteiger partial charge in [0.1, 0.15) is 93.5 Å². The molecule has 5 N–H and O–H groups in total. The Hall–Kier alpha value is -16.6. The van der Waals surface area contributed by atoms with Gasteiger partial charge in [0.05, 0.1) is 24.1 Å². The summed E-state index contributed by atoms with van der Waals surface area (Å²) in [5.74, 6) is 3.61. The summed E-state index contributed by atoms with van der Waals surface area (Å²) in [6, 6.07) is 59.4. The minimum atomic E-state index is -4.56. The number of benzene rings is 2. The van der Waals surface area contributed by atoms with Crippen LogP contribution in [0.15, 0.2) is 263 Å². The summed E-state index contributed by atoms with van der Waals surface area (Å²) in [6.45, 7) is 12.5. The highest BCUT2D eigenvalue weighted by Gasteiger charge is 2.36. The van der Waals surface area contributed by atoms with Crippen molar-refractivity contribution in [3.8, 4) is 57.2 Å². The van der Waals surface area contributed by atoms with Crippen LogP contribution in [0.3, 0.4) is 0 Å². The monoisotopic (exact) mass is 2030 g/mol. The quantitative estimate of drug-likeness (QED) is 0.0561. The Bertz CT molecular complexity index is 8380. The molecule has 764 valence electrons. The van der Waals surface area contributed by atoms with E-state index in [4.69, 9.17) is 34.4 Å². The maximum Gasteiger partial charge on any atom is 0.435 e. The molecule has 25 rings (SSSR count). The standard InChI is InChI=1S/C23H27N5O.C23H22N4O2.C22H18F3N5O.C22H20FN5O2.C21H17F3N6O/c1-26-20-9-11-24-15-19(20)18-7-8-21(25-23(18)26)28-14-13-27(16-22(28)29)12-10-17-5-3-2-4-6-17;1-26-20-9-11-24-14-19(20)18-7-8-21(25-23(18)26)27-12-10-17(13-22(27)28)29-15-16-5-3-2-4-6-16;1-29-17-6-8-26-12-16(17)15-3-5-19(28-21(15)29)30-9-7-13(10-20(30)31)14-2-4-18(27-11-14)22(23,24)25;1-27-19-6-8-24-12-18(19)17-4-5-20(26-22(17)27)28-9-7-16(10-21(28)29)30-13-15-3-2-14(23)11-25-15;1-29-16-6-8-25-11-14(16)13-2-5-18(26-20(13)29)30-9-7-12(10-19(30)31)15-3-4-17(28-27-15)21(22,23)24/h2-8,24H,9-16H2,1H3;2-8,10,12-13,24H,9,11,14-15H2,1H3;2-5,7,9-11,26H,6,8,12H2,1H3;2-5,7,9-11,24H,6,8,12-13H2,1H3;2-5,7,9-10,25H,6,8,11H2,1H3. The number of carbonyl (C=O) groups is 1. The van der Waals surface area contributed by atoms with Crippen molar-refractivity contribution in [1.29, 1.82) is 0 Å². The number of rotatable bonds is 16. The smallest absolute Gasteiger partial charge is 0.435 e. The molecule has 0 spiro atoms. The maximum absolute atomic E-state index is 12.9. The Morgan fingerprint density at radius 3 is 1.12 bits per heavy atom. The summed E-state index contributed by atoms with van der Waals surface area (Å²) in [5.41, 5.74) is 18.5. The van der Waals surface area contributed by atoms with Crippen molar-refractivity contribution in [1.82, 2.24) is 118 Å². The molecule has 2 aromatic carbocycles. The number of fused-ring (bicyclic) bond motifs is 15. The van der Waals surface area contributed by atoms with Gasteiger partial charge in [0, 0.05) is 274 Å². The number of amides is 1. The van der Waals surface area contributed by atoms with Gasteiger partial charge in [-0.25, -0.2) is 29.3 Å². The summed E-state index contributed by atoms with van der Waals surface area (Å²) in [4.78, 5) is 99.1. The lowest BCUT2D eigenvalue weighted by molar-refractivity contribution is -0.142. The molecule has 39 heteroatoms. The number of nitrogens with one attached hydrogen (secondary N) is 5. The summed E-state index contributed by atoms with van der Waals surface area (Å²) in [7, 11) is 10.1. The minimum absolute atomic E-state index is 0.136. The van der Waals surface area contributed by atoms with Crippen LogP contribution in [0, 0.1) is 5.82 Å². The molecule has 150 heavy (non-hydrogen) atoms. The third-order valence-electron chi connectivity index (χ3n) is 28.3. The molecule has 17 aromatic heterocycles. The summed E-state index contributed by atoms with van der Waals surface area (Å²) < 4.78 is 117. The van der Waals surface area contributed by atoms with Crippen LogP contribution in [-0.4, -0.2) is 156 Å². The Morgan fingerprint density at radius 1 is 0.353 bits per heavy atom. The van der Waals surface area contributed by atoms with E-state index in [9.17, 15) is 54.7 Å². The van der Waals surface area contributed by atoms with Gasteiger partial charge < -0.3 is 58.9 Å². The first-order valence-corrected chi connectivity index (χ1v) is 49.4. The molecule has 6 aliphatic rings. The molecular formula is C111H104F7N25O7. The first-order chi connectivity index (χ1) is 72.7. The normalized spacial score (nSPS) is 14.5. The van der Waals surface area contributed by atoms with Gasteiger partial charge in [-0.3, -0.25) is 62.0 Å². The SMILES string of the molecule is Cn1c2c(c3ccc(-n4ccc(-c5ccc(C(F)(F)F)nc5)cc4=O)nc31)CNCC2.Cn1c2c(c3ccc(-n4ccc(-c5ccc(C(F)(F)F)nn5)cc4=O)nc31)CNCC2.Cn1c2c(c3ccc(-n4ccc(OCc5ccc(F)cn5)cc4=O)nc31)CNCC2.Cn1c2c(c3ccc(-n4ccc(OCc5ccccc5)cc4=O)nc31)CNCC2.Cn1c2c(c3ccc(N4CCN(CCc5ccccc5)CC4=O)nc31)CNCC2. The zero-order valence-electron chi connectivity index (χ0n) is 82.6. The third kappa shape index (κ3) is 20.6. The van der Waals surface area contributed by atoms with Crippen molar-refractivity contribution >= 4 is 66.9 Å². The number of alkyl halides is 6. The van der Waals surface area contributed by atoms with Gasteiger partial charge in [-0.15, -0.1) is 10.2 Å². The number of nitrogens with zero attached hydrogens (tertiary/aromatic N) is 20. The first-order valence-electron chi connectivity index (χ1n) is 49.4. The highest BCUT2D eigenvalue weighted by atomic mass is 19.4. The van der Waals surface area contributed by atoms with Crippen molar-refractivity contribution in [2.75, 3.05) is 63.8 Å². The predicted octanol–water partition coefficient (Wildman–Crippen LogP) is 13.8. The van der Waals surface area contributed by atoms with Crippen molar-refractivity contribution in [3.63, 3.8) is 0 Å². The molecule has 0 bridgehead atoms. The number of ether oxygens (including phenoxy) is 2. The largest absolute Gasteiger partial charge is 0.489 e. The van der Waals surface area contributed by atoms with E-state index in [-0.39, 0.29) is 40.4 Å². The van der Waals surface area contributed by atoms with Crippen LogP contribution >= 0.6 is 0 Å². The number of halogens is 7. The molecule has 0 unspecified atom stereocenters. The molecule has 0 radical (unpaired) electrons. The molecule has 0 saturated carbocycles. The number of aromatic nitrogens is 18. The molecule has 0 aliphatic carbocycles. The molecule has 23 heterocycles. The number of piperazine rings is 1. The summed E-state index contributed by atoms with van der Waals surface area (Å²) in [6.07, 6.45) is 5.47. The topological polar surface area (TPSA) is 331 Å². The Labute approximate surface area is 853 Å². The van der Waals surface area contributed by atoms with Gasteiger partial charge in [0.15, 0.2) is 5.69 Å². The third-order valence-corrected chi connectivity index (χ3v) is 28.3. The number of carbonyl (C=O) groups excluding carboxylic acids is 1. The van der Waals surface area contributed by atoms with Crippen LogP contribution in [0.2, 0.25) is 0 Å². The lowest BCUT2D eigenvalue weighted by Gasteiger charge is -2.33. The van der Waals surface area contributed by atoms with Gasteiger partial charge in [-0.2, -0.15) is 26.3 Å². The zero-order valence-corrected chi connectivity index (χ0v) is 82.6. The van der Waals surface area contributed by atoms with Crippen LogP contribution < -0.4 is 63.2 Å². The average Bonchev–Trinajstić information content (AvgIpc) is 1.62. The van der Waals surface area contributed by atoms with Crippen molar-refractivity contribution < 1.29 is 45.0 Å². The molecule has 32 nitrogen and oxygen atoms in total. The van der Waals surface area contributed by atoms with Crippen molar-refractivity contribution in [2.24, 2.45) is 35.2 Å². The number of hydrogen-bond acceptors (Lipinski definition) is 22. The average molecular weight is 2030 g/mol. The molecule has 19 aromatic rings. The summed E-state index contributed by atoms with van der Waals surface area (Å²) >= 11 is 0. The van der Waals surface area contributed by atoms with E-state index in [1.54, 1.807) is 65.6 Å². The number of anilines is 1. The van der Waals surface area contributed by atoms with Gasteiger partial charge in [0.25, 0.3) is 22.2 Å². The van der Waals surface area contributed by atoms with E-state index in [1.165, 1.54) is 130 Å². The van der Waals surface area contributed by atoms with Crippen molar-refractivity contribution in [3.05, 3.63) is 375 Å². The van der Waals surface area contributed by atoms with E-state index >= 15 is 0 Å². The lowest BCUT2D eigenvalue weighted by Crippen LogP contribution is -2.51. The van der Waals surface area contributed by atoms with E-state index in [1.807, 2.05) is 106 Å². The van der Waals surface area contributed by atoms with Gasteiger partial charge in [-0.1, -0.05) is 66.7 Å². The second kappa shape index (κ2) is 42.3. The van der Waals surface area contributed by atoms with Gasteiger partial charge in [-0.05, 0) is 166 Å². The number of pyridine rings is 11. The highest BCUT2D eigenvalue weighted by molar-refractivity contribution is 5.96. The second-order valence-electron chi connectivity index (χ2n) is 37.5. The van der Waals surface area contributed by atoms with E-state index in [0.717, 1.165) is 203 Å². The van der Waals surface area contributed by atoms with Gasteiger partial charge in [0.2, 0.25) is 5.91 Å². The van der Waals surface area contributed by atoms with Crippen LogP contribution in [-0.2, 0) is 137 Å². The zero-order chi connectivity index (χ0) is 104. The fourth-order valence-corrected chi connectivity index (χ4v) is 20.4. The van der Waals surface area contributed by atoms with E-state index < -0.39 is 29.6 Å². The first kappa shape index (κ1) is 99.4. The Kier molecular flexibility index (Phi) is 28.0.